The van der Waals surface area contributed by atoms with E-state index in [1.807, 2.05) is 36.2 Å². The molecule has 2 N–H and O–H groups in total. The maximum atomic E-state index is 13.1. The van der Waals surface area contributed by atoms with Crippen LogP contribution < -0.4 is 10.6 Å². The summed E-state index contributed by atoms with van der Waals surface area (Å²) in [5.41, 5.74) is 7.55. The van der Waals surface area contributed by atoms with E-state index in [0.29, 0.717) is 12.5 Å². The maximum Gasteiger partial charge on any atom is 0.232 e. The first-order valence-electron chi connectivity index (χ1n) is 8.06. The normalized spacial score (nSPS) is 17.2. The summed E-state index contributed by atoms with van der Waals surface area (Å²) in [7, 11) is 1.90. The largest absolute Gasteiger partial charge is 0.326 e. The van der Waals surface area contributed by atoms with E-state index in [-0.39, 0.29) is 11.3 Å². The molecule has 0 saturated heterocycles. The number of carbonyl (C=O) groups is 1. The van der Waals surface area contributed by atoms with E-state index in [4.69, 9.17) is 5.73 Å². The highest BCUT2D eigenvalue weighted by Crippen LogP contribution is 2.45. The second-order valence-electron chi connectivity index (χ2n) is 6.82. The van der Waals surface area contributed by atoms with Crippen LogP contribution in [-0.2, 0) is 11.3 Å². The highest BCUT2D eigenvalue weighted by molar-refractivity contribution is 5.97. The molecule has 0 heterocycles. The number of nitrogens with two attached hydrogens (primary N) is 1. The van der Waals surface area contributed by atoms with E-state index in [1.165, 1.54) is 12.8 Å². The Morgan fingerprint density at radius 3 is 2.29 bits per heavy atom. The van der Waals surface area contributed by atoms with Gasteiger partial charge < -0.3 is 10.6 Å². The molecule has 1 amide bonds. The van der Waals surface area contributed by atoms with Gasteiger partial charge in [-0.25, -0.2) is 0 Å². The summed E-state index contributed by atoms with van der Waals surface area (Å²) in [6, 6.07) is 8.00. The van der Waals surface area contributed by atoms with Crippen molar-refractivity contribution in [1.82, 2.24) is 0 Å². The molecule has 0 bridgehead atoms. The third-order valence-electron chi connectivity index (χ3n) is 4.68. The van der Waals surface area contributed by atoms with Gasteiger partial charge in [-0.2, -0.15) is 0 Å². The summed E-state index contributed by atoms with van der Waals surface area (Å²) in [6.07, 6.45) is 5.43. The molecule has 116 valence electrons. The van der Waals surface area contributed by atoms with E-state index in [0.717, 1.165) is 30.5 Å². The Hall–Kier alpha value is -1.35. The number of anilines is 1. The fourth-order valence-corrected chi connectivity index (χ4v) is 3.67. The van der Waals surface area contributed by atoms with Gasteiger partial charge in [-0.15, -0.1) is 0 Å². The van der Waals surface area contributed by atoms with E-state index in [2.05, 4.69) is 13.8 Å². The lowest BCUT2D eigenvalue weighted by atomic mass is 9.77. The number of hydrogen-bond donors (Lipinski definition) is 1. The van der Waals surface area contributed by atoms with Gasteiger partial charge in [0, 0.05) is 24.7 Å². The molecule has 0 spiro atoms. The molecular formula is C18H28N2O. The Kier molecular flexibility index (Phi) is 5.04. The van der Waals surface area contributed by atoms with Crippen LogP contribution in [0.4, 0.5) is 5.69 Å². The minimum atomic E-state index is -0.143. The van der Waals surface area contributed by atoms with Crippen LogP contribution in [0.1, 0.15) is 51.5 Å². The third kappa shape index (κ3) is 3.46. The Morgan fingerprint density at radius 1 is 1.24 bits per heavy atom. The smallest absolute Gasteiger partial charge is 0.232 e. The summed E-state index contributed by atoms with van der Waals surface area (Å²) in [5, 5.41) is 0. The van der Waals surface area contributed by atoms with Crippen molar-refractivity contribution in [2.24, 2.45) is 17.1 Å². The molecule has 1 saturated carbocycles. The summed E-state index contributed by atoms with van der Waals surface area (Å²) in [6.45, 7) is 4.96. The Balaban J connectivity index is 2.19. The Labute approximate surface area is 128 Å². The van der Waals surface area contributed by atoms with Gasteiger partial charge in [-0.3, -0.25) is 4.79 Å². The molecule has 1 aromatic rings. The van der Waals surface area contributed by atoms with Crippen molar-refractivity contribution in [3.05, 3.63) is 29.8 Å². The molecule has 1 aromatic carbocycles. The first-order chi connectivity index (χ1) is 9.98. The van der Waals surface area contributed by atoms with Crippen LogP contribution in [0.3, 0.4) is 0 Å². The van der Waals surface area contributed by atoms with Gasteiger partial charge in [-0.05, 0) is 42.9 Å². The molecule has 1 aliphatic rings. The minimum absolute atomic E-state index is 0.143. The molecule has 3 heteroatoms. The average molecular weight is 288 g/mol. The minimum Gasteiger partial charge on any atom is -0.326 e. The van der Waals surface area contributed by atoms with Gasteiger partial charge in [0.05, 0.1) is 0 Å². The Morgan fingerprint density at radius 2 is 1.81 bits per heavy atom. The zero-order valence-corrected chi connectivity index (χ0v) is 13.6. The van der Waals surface area contributed by atoms with Gasteiger partial charge in [0.25, 0.3) is 0 Å². The summed E-state index contributed by atoms with van der Waals surface area (Å²) in [5.74, 6) is 0.842. The van der Waals surface area contributed by atoms with Crippen LogP contribution in [0.15, 0.2) is 24.3 Å². The van der Waals surface area contributed by atoms with Crippen molar-refractivity contribution in [1.29, 1.82) is 0 Å². The summed E-state index contributed by atoms with van der Waals surface area (Å²) < 4.78 is 0. The quantitative estimate of drug-likeness (QED) is 0.897. The zero-order chi connectivity index (χ0) is 15.5. The van der Waals surface area contributed by atoms with Crippen molar-refractivity contribution >= 4 is 11.6 Å². The van der Waals surface area contributed by atoms with Gasteiger partial charge in [0.2, 0.25) is 5.91 Å². The van der Waals surface area contributed by atoms with Crippen molar-refractivity contribution in [3.8, 4) is 0 Å². The standard InChI is InChI=1S/C18H28N2O/c1-14(2)12-18(10-4-5-11-18)17(21)20(3)16-8-6-15(13-19)7-9-16/h6-9,14H,4-5,10-13,19H2,1-3H3. The second-order valence-corrected chi connectivity index (χ2v) is 6.82. The van der Waals surface area contributed by atoms with Crippen LogP contribution >= 0.6 is 0 Å². The van der Waals surface area contributed by atoms with E-state index < -0.39 is 0 Å². The van der Waals surface area contributed by atoms with Crippen LogP contribution in [0.25, 0.3) is 0 Å². The molecule has 0 atom stereocenters. The molecule has 1 aliphatic carbocycles. The predicted octanol–water partition coefficient (Wildman–Crippen LogP) is 3.71. The molecule has 0 unspecified atom stereocenters. The van der Waals surface area contributed by atoms with Gasteiger partial charge in [0.15, 0.2) is 0 Å². The monoisotopic (exact) mass is 288 g/mol. The predicted molar refractivity (Wildman–Crippen MR) is 88.1 cm³/mol. The molecule has 1 fully saturated rings. The van der Waals surface area contributed by atoms with E-state index in [9.17, 15) is 4.79 Å². The molecule has 2 rings (SSSR count). The highest BCUT2D eigenvalue weighted by atomic mass is 16.2. The number of carbonyl (C=O) groups excluding carboxylic acids is 1. The number of benzene rings is 1. The van der Waals surface area contributed by atoms with E-state index >= 15 is 0 Å². The van der Waals surface area contributed by atoms with Crippen molar-refractivity contribution in [2.75, 3.05) is 11.9 Å². The average Bonchev–Trinajstić information content (AvgIpc) is 2.94. The summed E-state index contributed by atoms with van der Waals surface area (Å²) >= 11 is 0. The fourth-order valence-electron chi connectivity index (χ4n) is 3.67. The number of hydrogen-bond acceptors (Lipinski definition) is 2. The SMILES string of the molecule is CC(C)CC1(C(=O)N(C)c2ccc(CN)cc2)CCCC1. The van der Waals surface area contributed by atoms with Crippen molar-refractivity contribution < 1.29 is 4.79 Å². The fraction of sp³-hybridized carbons (Fsp3) is 0.611. The molecule has 21 heavy (non-hydrogen) atoms. The number of amides is 1. The third-order valence-corrected chi connectivity index (χ3v) is 4.68. The van der Waals surface area contributed by atoms with E-state index in [1.54, 1.807) is 0 Å². The lowest BCUT2D eigenvalue weighted by molar-refractivity contribution is -0.128. The highest BCUT2D eigenvalue weighted by Gasteiger charge is 2.43. The maximum absolute atomic E-state index is 13.1. The Bertz CT molecular complexity index is 472. The molecule has 3 nitrogen and oxygen atoms in total. The first kappa shape index (κ1) is 16.0. The first-order valence-corrected chi connectivity index (χ1v) is 8.06. The van der Waals surface area contributed by atoms with Gasteiger partial charge >= 0.3 is 0 Å². The number of nitrogens with zero attached hydrogens (tertiary/aromatic N) is 1. The van der Waals surface area contributed by atoms with Crippen molar-refractivity contribution in [3.63, 3.8) is 0 Å². The van der Waals surface area contributed by atoms with Gasteiger partial charge in [-0.1, -0.05) is 38.8 Å². The lowest BCUT2D eigenvalue weighted by Crippen LogP contribution is -2.41. The van der Waals surface area contributed by atoms with Crippen LogP contribution in [0.2, 0.25) is 0 Å². The molecule has 0 aromatic heterocycles. The summed E-state index contributed by atoms with van der Waals surface area (Å²) in [4.78, 5) is 14.9. The van der Waals surface area contributed by atoms with Crippen LogP contribution in [0, 0.1) is 11.3 Å². The topological polar surface area (TPSA) is 46.3 Å². The van der Waals surface area contributed by atoms with Crippen molar-refractivity contribution in [2.45, 2.75) is 52.5 Å². The molecule has 0 radical (unpaired) electrons. The lowest BCUT2D eigenvalue weighted by Gasteiger charge is -2.34. The van der Waals surface area contributed by atoms with Gasteiger partial charge in [0.1, 0.15) is 0 Å². The van der Waals surface area contributed by atoms with Crippen LogP contribution in [0.5, 0.6) is 0 Å². The zero-order valence-electron chi connectivity index (χ0n) is 13.6. The number of rotatable bonds is 5. The van der Waals surface area contributed by atoms with Crippen LogP contribution in [-0.4, -0.2) is 13.0 Å². The molecule has 0 aliphatic heterocycles. The second kappa shape index (κ2) is 6.61. The molecular weight excluding hydrogens is 260 g/mol.